The van der Waals surface area contributed by atoms with Gasteiger partial charge in [0, 0.05) is 12.2 Å². The summed E-state index contributed by atoms with van der Waals surface area (Å²) < 4.78 is 14.5. The van der Waals surface area contributed by atoms with Gasteiger partial charge in [0.15, 0.2) is 0 Å². The number of nitrogens with one attached hydrogen (secondary N) is 2. The first kappa shape index (κ1) is 20.5. The molecule has 21 heavy (non-hydrogen) atoms. The maximum absolute atomic E-state index is 7.48. The fraction of sp³-hybridized carbons (Fsp3) is 0.786. The molecule has 1 unspecified atom stereocenters. The van der Waals surface area contributed by atoms with Gasteiger partial charge >= 0.3 is 0 Å². The second-order valence-corrected chi connectivity index (χ2v) is 14.1. The average molecular weight is 331 g/mol. The van der Waals surface area contributed by atoms with Gasteiger partial charge in [0.05, 0.1) is 12.6 Å². The number of rotatable bonds is 11. The Morgan fingerprint density at radius 3 is 2.52 bits per heavy atom. The molecule has 0 aromatic rings. The first-order valence-corrected chi connectivity index (χ1v) is 13.1. The monoisotopic (exact) mass is 330 g/mol. The van der Waals surface area contributed by atoms with Gasteiger partial charge in [-0.1, -0.05) is 32.8 Å². The van der Waals surface area contributed by atoms with Crippen LogP contribution in [0.3, 0.4) is 0 Å². The summed E-state index contributed by atoms with van der Waals surface area (Å²) in [5.41, 5.74) is 6.48. The van der Waals surface area contributed by atoms with Crippen LogP contribution in [0.5, 0.6) is 0 Å². The lowest BCUT2D eigenvalue weighted by Crippen LogP contribution is -2.49. The van der Waals surface area contributed by atoms with Gasteiger partial charge < -0.3 is 19.9 Å². The van der Waals surface area contributed by atoms with Crippen molar-refractivity contribution in [3.63, 3.8) is 0 Å². The highest BCUT2D eigenvalue weighted by atomic mass is 28.4. The molecule has 0 aliphatic rings. The molecule has 1 atom stereocenters. The Kier molecular flexibility index (Phi) is 10.1. The van der Waals surface area contributed by atoms with E-state index in [0.717, 1.165) is 13.0 Å². The first-order valence-electron chi connectivity index (χ1n) is 7.43. The molecule has 0 aromatic carbocycles. The standard InChI is InChI=1S/C14H32N3O2Si2/c1-12(2)14(16)19-11-13(15)10-18-8-7-9-20(3)17-21(4,5)6/h13,16-17H,1,7-11,15H2,2-6H3. The Morgan fingerprint density at radius 1 is 1.38 bits per heavy atom. The molecule has 0 amide bonds. The molecule has 0 bridgehead atoms. The summed E-state index contributed by atoms with van der Waals surface area (Å²) >= 11 is 0. The van der Waals surface area contributed by atoms with Crippen LogP contribution >= 0.6 is 0 Å². The lowest BCUT2D eigenvalue weighted by atomic mass is 10.3. The largest absolute Gasteiger partial charge is 0.476 e. The van der Waals surface area contributed by atoms with E-state index in [2.05, 4.69) is 37.4 Å². The highest BCUT2D eigenvalue weighted by molar-refractivity contribution is 6.83. The number of ether oxygens (including phenoxy) is 2. The lowest BCUT2D eigenvalue weighted by molar-refractivity contribution is 0.103. The van der Waals surface area contributed by atoms with Crippen LogP contribution in [0.4, 0.5) is 0 Å². The summed E-state index contributed by atoms with van der Waals surface area (Å²) in [6.45, 7) is 16.2. The van der Waals surface area contributed by atoms with Gasteiger partial charge in [0.25, 0.3) is 0 Å². The molecule has 0 saturated heterocycles. The van der Waals surface area contributed by atoms with Gasteiger partial charge in [-0.3, -0.25) is 5.41 Å². The summed E-state index contributed by atoms with van der Waals surface area (Å²) in [6.07, 6.45) is 1.07. The van der Waals surface area contributed by atoms with Crippen LogP contribution < -0.4 is 10.4 Å². The van der Waals surface area contributed by atoms with E-state index < -0.39 is 17.2 Å². The van der Waals surface area contributed by atoms with E-state index in [1.54, 1.807) is 6.92 Å². The molecule has 0 heterocycles. The van der Waals surface area contributed by atoms with Crippen LogP contribution in [0, 0.1) is 5.41 Å². The second-order valence-electron chi connectivity index (χ2n) is 6.51. The molecule has 0 aliphatic heterocycles. The van der Waals surface area contributed by atoms with Crippen molar-refractivity contribution in [1.82, 2.24) is 4.65 Å². The predicted octanol–water partition coefficient (Wildman–Crippen LogP) is 2.34. The molecule has 4 N–H and O–H groups in total. The van der Waals surface area contributed by atoms with Gasteiger partial charge in [-0.15, -0.1) is 0 Å². The Morgan fingerprint density at radius 2 is 2.00 bits per heavy atom. The molecule has 0 saturated carbocycles. The molecule has 5 nitrogen and oxygen atoms in total. The fourth-order valence-corrected chi connectivity index (χ4v) is 8.03. The zero-order chi connectivity index (χ0) is 16.5. The molecule has 0 rings (SSSR count). The fourth-order valence-electron chi connectivity index (χ4n) is 1.74. The van der Waals surface area contributed by atoms with E-state index in [0.29, 0.717) is 18.8 Å². The summed E-state index contributed by atoms with van der Waals surface area (Å²) in [4.78, 5) is 0. The van der Waals surface area contributed by atoms with Crippen molar-refractivity contribution in [1.29, 1.82) is 5.41 Å². The summed E-state index contributed by atoms with van der Waals surface area (Å²) in [5.74, 6) is 0.0982. The highest BCUT2D eigenvalue weighted by Crippen LogP contribution is 2.02. The van der Waals surface area contributed by atoms with E-state index in [-0.39, 0.29) is 11.9 Å². The maximum atomic E-state index is 7.48. The van der Waals surface area contributed by atoms with Gasteiger partial charge in [0.2, 0.25) is 5.90 Å². The first-order chi connectivity index (χ1) is 9.61. The number of nitrogens with two attached hydrogens (primary N) is 1. The van der Waals surface area contributed by atoms with E-state index in [9.17, 15) is 0 Å². The van der Waals surface area contributed by atoms with Crippen LogP contribution in [0.2, 0.25) is 32.2 Å². The van der Waals surface area contributed by atoms with Gasteiger partial charge in [0.1, 0.15) is 23.8 Å². The summed E-state index contributed by atoms with van der Waals surface area (Å²) in [7, 11) is -1.59. The smallest absolute Gasteiger partial charge is 0.208 e. The van der Waals surface area contributed by atoms with Crippen molar-refractivity contribution in [2.24, 2.45) is 5.73 Å². The third kappa shape index (κ3) is 12.9. The van der Waals surface area contributed by atoms with Crippen LogP contribution in [0.15, 0.2) is 12.2 Å². The van der Waals surface area contributed by atoms with Crippen LogP contribution in [0.25, 0.3) is 0 Å². The van der Waals surface area contributed by atoms with E-state index >= 15 is 0 Å². The van der Waals surface area contributed by atoms with Crippen molar-refractivity contribution in [2.75, 3.05) is 19.8 Å². The number of hydrogen-bond acceptors (Lipinski definition) is 5. The Labute approximate surface area is 132 Å². The Balaban J connectivity index is 3.58. The van der Waals surface area contributed by atoms with Crippen LogP contribution in [-0.4, -0.2) is 49.0 Å². The molecular weight excluding hydrogens is 298 g/mol. The molecule has 0 spiro atoms. The second kappa shape index (κ2) is 10.3. The van der Waals surface area contributed by atoms with Crippen molar-refractivity contribution >= 4 is 23.1 Å². The zero-order valence-electron chi connectivity index (χ0n) is 14.2. The predicted molar refractivity (Wildman–Crippen MR) is 94.8 cm³/mol. The molecule has 123 valence electrons. The van der Waals surface area contributed by atoms with Crippen molar-refractivity contribution in [2.45, 2.75) is 51.6 Å². The quantitative estimate of drug-likeness (QED) is 0.235. The third-order valence-corrected chi connectivity index (χ3v) is 8.40. The highest BCUT2D eigenvalue weighted by Gasteiger charge is 2.16. The van der Waals surface area contributed by atoms with Crippen LogP contribution in [-0.2, 0) is 9.47 Å². The molecule has 0 aliphatic carbocycles. The zero-order valence-corrected chi connectivity index (χ0v) is 16.2. The molecule has 1 radical (unpaired) electrons. The maximum Gasteiger partial charge on any atom is 0.208 e. The topological polar surface area (TPSA) is 80.4 Å². The Bertz CT molecular complexity index is 333. The van der Waals surface area contributed by atoms with Gasteiger partial charge in [-0.05, 0) is 19.4 Å². The minimum absolute atomic E-state index is 0.0982. The third-order valence-electron chi connectivity index (χ3n) is 2.59. The molecule has 0 aromatic heterocycles. The molecule has 7 heteroatoms. The lowest BCUT2D eigenvalue weighted by Gasteiger charge is -2.23. The normalized spacial score (nSPS) is 13.3. The van der Waals surface area contributed by atoms with Crippen molar-refractivity contribution in [3.8, 4) is 0 Å². The summed E-state index contributed by atoms with van der Waals surface area (Å²) in [6, 6.07) is 1.01. The van der Waals surface area contributed by atoms with Gasteiger partial charge in [-0.2, -0.15) is 0 Å². The SMILES string of the molecule is C=C(C)C(=N)OCC(N)COCCC[Si](C)N[Si](C)(C)C. The molecule has 0 fully saturated rings. The minimum atomic E-state index is -1.15. The number of hydrogen-bond donors (Lipinski definition) is 3. The molecular formula is C14H32N3O2Si2. The van der Waals surface area contributed by atoms with E-state index in [1.807, 2.05) is 0 Å². The Hall–Kier alpha value is -0.476. The van der Waals surface area contributed by atoms with Crippen molar-refractivity contribution in [3.05, 3.63) is 12.2 Å². The average Bonchev–Trinajstić information content (AvgIpc) is 2.33. The van der Waals surface area contributed by atoms with Crippen LogP contribution in [0.1, 0.15) is 13.3 Å². The van der Waals surface area contributed by atoms with E-state index in [4.69, 9.17) is 20.6 Å². The minimum Gasteiger partial charge on any atom is -0.476 e. The van der Waals surface area contributed by atoms with Gasteiger partial charge in [-0.25, -0.2) is 0 Å². The van der Waals surface area contributed by atoms with E-state index in [1.165, 1.54) is 6.04 Å². The van der Waals surface area contributed by atoms with Crippen molar-refractivity contribution < 1.29 is 9.47 Å². The summed E-state index contributed by atoms with van der Waals surface area (Å²) in [5, 5.41) is 7.48.